The van der Waals surface area contributed by atoms with Crippen LogP contribution in [-0.4, -0.2) is 12.1 Å². The first-order valence-electron chi connectivity index (χ1n) is 21.1. The molecule has 6 aromatic rings. The number of allylic oxidation sites excluding steroid dienone is 2. The minimum absolute atomic E-state index is 0.00274. The highest BCUT2D eigenvalue weighted by Gasteiger charge is 2.28. The van der Waals surface area contributed by atoms with Gasteiger partial charge >= 0.3 is 0 Å². The highest BCUT2D eigenvalue weighted by atomic mass is 16.5. The number of methoxy groups -OCH3 is 1. The fourth-order valence-corrected chi connectivity index (χ4v) is 8.23. The zero-order valence-corrected chi connectivity index (χ0v) is 37.7. The second kappa shape index (κ2) is 16.6. The summed E-state index contributed by atoms with van der Waals surface area (Å²) in [7, 11) is 1.83. The molecule has 1 aromatic heterocycles. The maximum Gasteiger partial charge on any atom is 0.130 e. The average Bonchev–Trinajstić information content (AvgIpc) is 3.19. The van der Waals surface area contributed by atoms with Crippen molar-refractivity contribution in [2.24, 2.45) is 0 Å². The maximum absolute atomic E-state index is 6.30. The van der Waals surface area contributed by atoms with E-state index in [1.165, 1.54) is 77.9 Å². The Morgan fingerprint density at radius 1 is 0.586 bits per heavy atom. The first-order valence-corrected chi connectivity index (χ1v) is 21.1. The summed E-state index contributed by atoms with van der Waals surface area (Å²) in [5.41, 5.74) is 21.0. The van der Waals surface area contributed by atoms with Gasteiger partial charge in [-0.3, -0.25) is 4.98 Å². The zero-order valence-electron chi connectivity index (χ0n) is 37.7. The molecule has 58 heavy (non-hydrogen) atoms. The highest BCUT2D eigenvalue weighted by molar-refractivity contribution is 5.88. The number of aryl methyl sites for hydroxylation is 1. The van der Waals surface area contributed by atoms with Gasteiger partial charge in [-0.05, 0) is 129 Å². The number of nitrogens with zero attached hydrogens (tertiary/aromatic N) is 1. The lowest BCUT2D eigenvalue weighted by atomic mass is 9.77. The van der Waals surface area contributed by atoms with Crippen LogP contribution < -0.4 is 4.74 Å². The van der Waals surface area contributed by atoms with Gasteiger partial charge in [0, 0.05) is 28.5 Å². The van der Waals surface area contributed by atoms with Crippen molar-refractivity contribution in [1.29, 1.82) is 0 Å². The van der Waals surface area contributed by atoms with Crippen LogP contribution in [0.3, 0.4) is 0 Å². The van der Waals surface area contributed by atoms with Crippen molar-refractivity contribution >= 4 is 5.57 Å². The summed E-state index contributed by atoms with van der Waals surface area (Å²) < 4.78 is 6.30. The molecule has 2 nitrogen and oxygen atoms in total. The van der Waals surface area contributed by atoms with E-state index in [1.54, 1.807) is 0 Å². The molecule has 0 aliphatic carbocycles. The summed E-state index contributed by atoms with van der Waals surface area (Å²) in [5, 5.41) is 0. The smallest absolute Gasteiger partial charge is 0.130 e. The van der Waals surface area contributed by atoms with Crippen molar-refractivity contribution in [1.82, 2.24) is 4.98 Å². The molecule has 0 bridgehead atoms. The number of rotatable bonds is 9. The minimum atomic E-state index is -0.0715. The molecule has 0 spiro atoms. The molecular weight excluding hydrogens is 703 g/mol. The predicted octanol–water partition coefficient (Wildman–Crippen LogP) is 15.7. The van der Waals surface area contributed by atoms with E-state index in [9.17, 15) is 0 Å². The van der Waals surface area contributed by atoms with Gasteiger partial charge in [0.25, 0.3) is 0 Å². The molecule has 0 saturated carbocycles. The van der Waals surface area contributed by atoms with Crippen molar-refractivity contribution in [3.63, 3.8) is 0 Å². The normalized spacial score (nSPS) is 12.7. The highest BCUT2D eigenvalue weighted by Crippen LogP contribution is 2.44. The molecule has 0 saturated heterocycles. The Morgan fingerprint density at radius 3 is 1.71 bits per heavy atom. The van der Waals surface area contributed by atoms with E-state index in [4.69, 9.17) is 9.72 Å². The Bertz CT molecular complexity index is 2440. The topological polar surface area (TPSA) is 22.1 Å². The molecule has 300 valence electrons. The van der Waals surface area contributed by atoms with Crippen LogP contribution in [0.25, 0.3) is 50.2 Å². The summed E-state index contributed by atoms with van der Waals surface area (Å²) in [6.45, 7) is 29.9. The standard InChI is InChI=1S/C56H65NO/c1-15-39(37(3)48-32-43(55(8,9)10)33-51(53(48)58-14)56(11,12)13)29-45-36(2)23-22-28-44(45)46-30-42(54(5,6)7)31-47(38(46)4)52-34-49(40-24-18-16-19-25-40)50(35-57-52)41-26-20-17-21-27-41/h16-28,30-35H,15,29H2,1-14H3/b39-37+. The van der Waals surface area contributed by atoms with Crippen LogP contribution in [-0.2, 0) is 22.7 Å². The Hall–Kier alpha value is -5.21. The van der Waals surface area contributed by atoms with Crippen LogP contribution in [0, 0.1) is 13.8 Å². The van der Waals surface area contributed by atoms with Gasteiger partial charge in [-0.1, -0.05) is 166 Å². The average molecular weight is 768 g/mol. The predicted molar refractivity (Wildman–Crippen MR) is 251 cm³/mol. The number of ether oxygens (including phenoxy) is 1. The molecule has 0 radical (unpaired) electrons. The monoisotopic (exact) mass is 768 g/mol. The van der Waals surface area contributed by atoms with Gasteiger partial charge in [0.2, 0.25) is 0 Å². The second-order valence-electron chi connectivity index (χ2n) is 19.3. The lowest BCUT2D eigenvalue weighted by molar-refractivity contribution is 0.395. The largest absolute Gasteiger partial charge is 0.496 e. The van der Waals surface area contributed by atoms with E-state index < -0.39 is 0 Å². The molecule has 5 aromatic carbocycles. The van der Waals surface area contributed by atoms with Crippen LogP contribution >= 0.6 is 0 Å². The Kier molecular flexibility index (Phi) is 12.1. The van der Waals surface area contributed by atoms with Crippen LogP contribution in [0.1, 0.15) is 122 Å². The number of hydrogen-bond acceptors (Lipinski definition) is 2. The molecule has 0 atom stereocenters. The molecule has 0 aliphatic rings. The number of aromatic nitrogens is 1. The van der Waals surface area contributed by atoms with Crippen molar-refractivity contribution in [3.8, 4) is 50.4 Å². The first-order chi connectivity index (χ1) is 27.3. The van der Waals surface area contributed by atoms with Gasteiger partial charge in [0.05, 0.1) is 12.8 Å². The molecule has 0 aliphatic heterocycles. The van der Waals surface area contributed by atoms with Gasteiger partial charge < -0.3 is 4.74 Å². The van der Waals surface area contributed by atoms with E-state index in [0.29, 0.717) is 0 Å². The van der Waals surface area contributed by atoms with Crippen molar-refractivity contribution < 1.29 is 4.74 Å². The van der Waals surface area contributed by atoms with Gasteiger partial charge in [-0.15, -0.1) is 0 Å². The summed E-state index contributed by atoms with van der Waals surface area (Å²) in [6, 6.07) is 40.1. The maximum atomic E-state index is 6.30. The fraction of sp³-hybridized carbons (Fsp3) is 0.339. The van der Waals surface area contributed by atoms with Crippen LogP contribution in [0.15, 0.2) is 121 Å². The SMILES string of the molecule is CC/C(Cc1c(C)cccc1-c1cc(C(C)(C)C)cc(-c2cc(-c3ccccc3)c(-c3ccccc3)cn2)c1C)=C(/C)c1cc(C(C)(C)C)cc(C(C)(C)C)c1OC. The van der Waals surface area contributed by atoms with Crippen molar-refractivity contribution in [2.45, 2.75) is 119 Å². The molecule has 2 heteroatoms. The molecular formula is C56H65NO. The second-order valence-corrected chi connectivity index (χ2v) is 19.3. The number of benzene rings is 5. The number of hydrogen-bond donors (Lipinski definition) is 0. The van der Waals surface area contributed by atoms with Gasteiger partial charge in [-0.2, -0.15) is 0 Å². The fourth-order valence-electron chi connectivity index (χ4n) is 8.23. The third kappa shape index (κ3) is 8.77. The Morgan fingerprint density at radius 2 is 1.16 bits per heavy atom. The summed E-state index contributed by atoms with van der Waals surface area (Å²) in [5.74, 6) is 0.993. The van der Waals surface area contributed by atoms with Crippen molar-refractivity contribution in [3.05, 3.63) is 160 Å². The first kappa shape index (κ1) is 42.4. The van der Waals surface area contributed by atoms with E-state index in [2.05, 4.69) is 205 Å². The Balaban J connectivity index is 1.56. The van der Waals surface area contributed by atoms with E-state index in [1.807, 2.05) is 7.11 Å². The summed E-state index contributed by atoms with van der Waals surface area (Å²) in [4.78, 5) is 5.23. The molecule has 0 fully saturated rings. The molecule has 1 heterocycles. The third-order valence-electron chi connectivity index (χ3n) is 12.0. The molecule has 6 rings (SSSR count). The molecule has 0 unspecified atom stereocenters. The van der Waals surface area contributed by atoms with Crippen LogP contribution in [0.2, 0.25) is 0 Å². The Labute approximate surface area is 350 Å². The number of pyridine rings is 1. The third-order valence-corrected chi connectivity index (χ3v) is 12.0. The van der Waals surface area contributed by atoms with E-state index in [0.717, 1.165) is 35.4 Å². The lowest BCUT2D eigenvalue weighted by Crippen LogP contribution is -2.18. The van der Waals surface area contributed by atoms with Gasteiger partial charge in [0.1, 0.15) is 5.75 Å². The van der Waals surface area contributed by atoms with Crippen LogP contribution in [0.5, 0.6) is 5.75 Å². The summed E-state index contributed by atoms with van der Waals surface area (Å²) >= 11 is 0. The van der Waals surface area contributed by atoms with Gasteiger partial charge in [-0.25, -0.2) is 0 Å². The summed E-state index contributed by atoms with van der Waals surface area (Å²) in [6.07, 6.45) is 3.87. The quantitative estimate of drug-likeness (QED) is 0.146. The zero-order chi connectivity index (χ0) is 42.2. The minimum Gasteiger partial charge on any atom is -0.496 e. The molecule has 0 N–H and O–H groups in total. The van der Waals surface area contributed by atoms with Crippen molar-refractivity contribution in [2.75, 3.05) is 7.11 Å². The van der Waals surface area contributed by atoms with E-state index >= 15 is 0 Å². The van der Waals surface area contributed by atoms with Crippen LogP contribution in [0.4, 0.5) is 0 Å². The van der Waals surface area contributed by atoms with Gasteiger partial charge in [0.15, 0.2) is 0 Å². The van der Waals surface area contributed by atoms with E-state index in [-0.39, 0.29) is 16.2 Å². The lowest BCUT2D eigenvalue weighted by Gasteiger charge is -2.29. The molecule has 0 amide bonds.